The maximum absolute atomic E-state index is 12.4. The second-order valence-electron chi connectivity index (χ2n) is 10.2. The second kappa shape index (κ2) is 17.2. The summed E-state index contributed by atoms with van der Waals surface area (Å²) in [6, 6.07) is 26.1. The van der Waals surface area contributed by atoms with Gasteiger partial charge in [0.25, 0.3) is 5.69 Å². The molecule has 1 aromatic heterocycles. The van der Waals surface area contributed by atoms with Gasteiger partial charge in [-0.3, -0.25) is 10.1 Å². The Bertz CT molecular complexity index is 2440. The molecule has 254 valence electrons. The van der Waals surface area contributed by atoms with Crippen LogP contribution in [0.15, 0.2) is 133 Å². The number of azo groups is 2. The van der Waals surface area contributed by atoms with Crippen molar-refractivity contribution in [2.24, 2.45) is 25.6 Å². The van der Waals surface area contributed by atoms with E-state index in [1.807, 2.05) is 18.2 Å². The van der Waals surface area contributed by atoms with Crippen LogP contribution >= 0.6 is 0 Å². The SMILES string of the molecule is Cc1nn(-c2ccccc2)c(=O)[c-]1N=Nc1cc([N+](=O)[O-])ccc1O.NS(=O)(=O)c1ccc(O)c(N=Nc2c(O)ccc3ccccc23)c1.[Cr].[Na+]. The number of non-ortho nitro benzene ring substituents is 1. The second-order valence-corrected chi connectivity index (χ2v) is 11.7. The fourth-order valence-electron chi connectivity index (χ4n) is 4.38. The first-order valence-corrected chi connectivity index (χ1v) is 15.6. The van der Waals surface area contributed by atoms with Gasteiger partial charge in [0.05, 0.1) is 15.5 Å². The molecule has 0 unspecified atom stereocenters. The van der Waals surface area contributed by atoms with Gasteiger partial charge in [0.1, 0.15) is 39.9 Å². The Morgan fingerprint density at radius 2 is 1.43 bits per heavy atom. The summed E-state index contributed by atoms with van der Waals surface area (Å²) in [5, 5.41) is 66.5. The Morgan fingerprint density at radius 1 is 0.824 bits per heavy atom. The molecule has 0 saturated heterocycles. The first kappa shape index (κ1) is 40.2. The quantitative estimate of drug-likeness (QED) is 0.0610. The maximum atomic E-state index is 12.4. The van der Waals surface area contributed by atoms with Crippen LogP contribution in [-0.4, -0.2) is 38.4 Å². The Hall–Kier alpha value is -5.19. The molecule has 51 heavy (non-hydrogen) atoms. The number of hydrogen-bond acceptors (Lipinski definition) is 13. The summed E-state index contributed by atoms with van der Waals surface area (Å²) in [6.07, 6.45) is 0. The third-order valence-corrected chi connectivity index (χ3v) is 7.74. The summed E-state index contributed by atoms with van der Waals surface area (Å²) in [7, 11) is -3.93. The van der Waals surface area contributed by atoms with Crippen molar-refractivity contribution in [2.45, 2.75) is 11.8 Å². The number of phenols is 3. The third kappa shape index (κ3) is 9.54. The summed E-state index contributed by atoms with van der Waals surface area (Å²) in [5.74, 6) is -0.625. The predicted molar refractivity (Wildman–Crippen MR) is 178 cm³/mol. The minimum absolute atomic E-state index is 0. The van der Waals surface area contributed by atoms with Gasteiger partial charge in [0.2, 0.25) is 10.0 Å². The zero-order chi connectivity index (χ0) is 35.3. The van der Waals surface area contributed by atoms with E-state index in [9.17, 15) is 38.6 Å². The molecule has 16 nitrogen and oxygen atoms in total. The van der Waals surface area contributed by atoms with E-state index in [4.69, 9.17) is 5.14 Å². The summed E-state index contributed by atoms with van der Waals surface area (Å²) in [6.45, 7) is 1.60. The molecule has 0 bridgehead atoms. The number of fused-ring (bicyclic) bond motifs is 1. The number of para-hydroxylation sites is 1. The number of nitro benzene ring substituents is 1. The molecule has 19 heteroatoms. The molecular formula is C32H25CrN8NaO8S. The van der Waals surface area contributed by atoms with E-state index in [1.54, 1.807) is 49.4 Å². The van der Waals surface area contributed by atoms with E-state index < -0.39 is 20.5 Å². The molecule has 1 heterocycles. The number of benzene rings is 5. The third-order valence-electron chi connectivity index (χ3n) is 6.83. The van der Waals surface area contributed by atoms with Crippen molar-refractivity contribution < 1.29 is 75.6 Å². The van der Waals surface area contributed by atoms with Gasteiger partial charge in [-0.15, -0.1) is 15.9 Å². The van der Waals surface area contributed by atoms with Crippen molar-refractivity contribution in [1.82, 2.24) is 9.78 Å². The van der Waals surface area contributed by atoms with E-state index in [2.05, 4.69) is 25.6 Å². The summed E-state index contributed by atoms with van der Waals surface area (Å²) in [4.78, 5) is 22.4. The van der Waals surface area contributed by atoms with Crippen LogP contribution in [0.4, 0.5) is 28.4 Å². The average molecular weight is 757 g/mol. The normalized spacial score (nSPS) is 11.1. The molecule has 5 N–H and O–H groups in total. The van der Waals surface area contributed by atoms with Crippen molar-refractivity contribution in [1.29, 1.82) is 0 Å². The Balaban J connectivity index is 0.000000265. The van der Waals surface area contributed by atoms with Crippen molar-refractivity contribution in [2.75, 3.05) is 0 Å². The Morgan fingerprint density at radius 3 is 2.10 bits per heavy atom. The van der Waals surface area contributed by atoms with E-state index in [1.165, 1.54) is 16.8 Å². The molecule has 5 aromatic carbocycles. The maximum Gasteiger partial charge on any atom is 1.00 e. The minimum Gasteiger partial charge on any atom is -0.506 e. The number of rotatable bonds is 7. The zero-order valence-electron chi connectivity index (χ0n) is 26.7. The van der Waals surface area contributed by atoms with Gasteiger partial charge in [-0.25, -0.2) is 23.3 Å². The fourth-order valence-corrected chi connectivity index (χ4v) is 4.91. The first-order valence-electron chi connectivity index (χ1n) is 14.0. The monoisotopic (exact) mass is 756 g/mol. The molecule has 0 saturated carbocycles. The number of sulfonamides is 1. The van der Waals surface area contributed by atoms with Crippen molar-refractivity contribution in [3.8, 4) is 22.9 Å². The summed E-state index contributed by atoms with van der Waals surface area (Å²) in [5.41, 5.74) is 0.235. The number of aromatic nitrogens is 2. The first-order chi connectivity index (χ1) is 23.3. The predicted octanol–water partition coefficient (Wildman–Crippen LogP) is 3.60. The number of aromatic hydroxyl groups is 3. The van der Waals surface area contributed by atoms with Gasteiger partial charge in [-0.05, 0) is 47.9 Å². The van der Waals surface area contributed by atoms with Crippen molar-refractivity contribution in [3.05, 3.63) is 129 Å². The number of nitrogens with zero attached hydrogens (tertiary/aromatic N) is 7. The fraction of sp³-hybridized carbons (Fsp3) is 0.0312. The molecule has 0 fully saturated rings. The molecule has 6 aromatic rings. The van der Waals surface area contributed by atoms with Crippen LogP contribution in [0.25, 0.3) is 16.5 Å². The number of nitro groups is 1. The number of hydrogen-bond donors (Lipinski definition) is 4. The van der Waals surface area contributed by atoms with Crippen molar-refractivity contribution >= 4 is 49.2 Å². The van der Waals surface area contributed by atoms with E-state index in [-0.39, 0.29) is 97.5 Å². The van der Waals surface area contributed by atoms with Gasteiger partial charge in [-0.2, -0.15) is 5.11 Å². The summed E-state index contributed by atoms with van der Waals surface area (Å²) >= 11 is 0. The molecule has 0 aliphatic rings. The van der Waals surface area contributed by atoms with Gasteiger partial charge >= 0.3 is 29.6 Å². The standard InChI is InChI=1S/C16H12N5O4.C16H13N3O4S.Cr.Na/c1-10-15(16(23)20(19-10)11-5-3-2-4-6-11)18-17-13-9-12(21(24)25)7-8-14(13)22;17-24(22,23)11-6-8-14(20)13(9-11)18-19-16-12-4-2-1-3-10(12)5-7-15(16)21;;/h2-9,22H,1H3;1-9,20-21H,(H2,17,22,23);;/q-1;;;+1. The number of aryl methyl sites for hydroxylation is 1. The van der Waals surface area contributed by atoms with Gasteiger partial charge in [0, 0.05) is 34.9 Å². The number of primary sulfonamides is 1. The molecule has 0 aliphatic carbocycles. The molecule has 0 spiro atoms. The molecule has 0 radical (unpaired) electrons. The van der Waals surface area contributed by atoms with Crippen LogP contribution in [-0.2, 0) is 27.4 Å². The van der Waals surface area contributed by atoms with Crippen LogP contribution in [0, 0.1) is 17.0 Å². The average Bonchev–Trinajstić information content (AvgIpc) is 3.36. The summed E-state index contributed by atoms with van der Waals surface area (Å²) < 4.78 is 24.0. The molecular weight excluding hydrogens is 731 g/mol. The topological polar surface area (TPSA) is 248 Å². The van der Waals surface area contributed by atoms with E-state index >= 15 is 0 Å². The van der Waals surface area contributed by atoms with Crippen LogP contribution in [0.3, 0.4) is 0 Å². The van der Waals surface area contributed by atoms with E-state index in [0.29, 0.717) is 16.8 Å². The molecule has 6 rings (SSSR count). The smallest absolute Gasteiger partial charge is 0.506 e. The van der Waals surface area contributed by atoms with Crippen LogP contribution in [0.2, 0.25) is 0 Å². The van der Waals surface area contributed by atoms with Crippen molar-refractivity contribution in [3.63, 3.8) is 0 Å². The molecule has 0 atom stereocenters. The zero-order valence-corrected chi connectivity index (χ0v) is 30.8. The van der Waals surface area contributed by atoms with Crippen LogP contribution in [0.1, 0.15) is 5.69 Å². The van der Waals surface area contributed by atoms with Crippen LogP contribution in [0.5, 0.6) is 17.2 Å². The van der Waals surface area contributed by atoms with Gasteiger partial charge < -0.3 is 25.2 Å². The van der Waals surface area contributed by atoms with Crippen LogP contribution < -0.4 is 40.3 Å². The van der Waals surface area contributed by atoms with E-state index in [0.717, 1.165) is 35.7 Å². The number of nitrogens with two attached hydrogens (primary N) is 1. The number of phenolic OH excluding ortho intramolecular Hbond substituents is 3. The minimum atomic E-state index is -3.93. The largest absolute Gasteiger partial charge is 1.00 e. The molecule has 0 aliphatic heterocycles. The Kier molecular flexibility index (Phi) is 13.5. The van der Waals surface area contributed by atoms with Gasteiger partial charge in [-0.1, -0.05) is 61.1 Å². The molecule has 0 amide bonds. The van der Waals surface area contributed by atoms with Gasteiger partial charge in [0.15, 0.2) is 0 Å². The Labute approximate surface area is 322 Å².